The van der Waals surface area contributed by atoms with Gasteiger partial charge in [-0.15, -0.1) is 0 Å². The summed E-state index contributed by atoms with van der Waals surface area (Å²) in [4.78, 5) is 19.1. The lowest BCUT2D eigenvalue weighted by molar-refractivity contribution is 0.102. The third-order valence-corrected chi connectivity index (χ3v) is 4.95. The molecular formula is C23H24N4O2. The summed E-state index contributed by atoms with van der Waals surface area (Å²) in [7, 11) is 1.63. The van der Waals surface area contributed by atoms with E-state index < -0.39 is 0 Å². The first-order valence-electron chi connectivity index (χ1n) is 9.75. The van der Waals surface area contributed by atoms with E-state index in [1.807, 2.05) is 42.5 Å². The zero-order valence-corrected chi connectivity index (χ0v) is 16.4. The Hall–Kier alpha value is -3.54. The quantitative estimate of drug-likeness (QED) is 0.641. The Bertz CT molecular complexity index is 965. The van der Waals surface area contributed by atoms with Gasteiger partial charge >= 0.3 is 0 Å². The molecule has 1 aliphatic heterocycles. The van der Waals surface area contributed by atoms with E-state index in [2.05, 4.69) is 32.7 Å². The lowest BCUT2D eigenvalue weighted by Gasteiger charge is -2.17. The number of carbonyl (C=O) groups is 1. The summed E-state index contributed by atoms with van der Waals surface area (Å²) in [6.07, 6.45) is 4.13. The van der Waals surface area contributed by atoms with Crippen molar-refractivity contribution in [2.24, 2.45) is 0 Å². The molecule has 6 heteroatoms. The van der Waals surface area contributed by atoms with Crippen LogP contribution in [0.4, 0.5) is 22.7 Å². The van der Waals surface area contributed by atoms with Crippen molar-refractivity contribution in [3.05, 3.63) is 72.6 Å². The molecule has 0 aliphatic carbocycles. The monoisotopic (exact) mass is 388 g/mol. The zero-order chi connectivity index (χ0) is 20.1. The van der Waals surface area contributed by atoms with Crippen LogP contribution in [0.5, 0.6) is 5.75 Å². The third kappa shape index (κ3) is 4.66. The van der Waals surface area contributed by atoms with Crippen LogP contribution >= 0.6 is 0 Å². The SMILES string of the molecule is COc1cccc(Nc2ccc(C(=O)Nc3ccc(N4CCCC4)cc3)nc2)c1. The van der Waals surface area contributed by atoms with E-state index in [4.69, 9.17) is 4.74 Å². The highest BCUT2D eigenvalue weighted by Crippen LogP contribution is 2.23. The fourth-order valence-electron chi connectivity index (χ4n) is 3.40. The lowest BCUT2D eigenvalue weighted by Crippen LogP contribution is -2.17. The molecule has 0 radical (unpaired) electrons. The molecule has 29 heavy (non-hydrogen) atoms. The third-order valence-electron chi connectivity index (χ3n) is 4.95. The number of aromatic nitrogens is 1. The molecule has 1 fully saturated rings. The number of pyridine rings is 1. The molecule has 0 saturated carbocycles. The standard InChI is InChI=1S/C23H24N4O2/c1-29-21-6-4-5-18(15-21)25-19-9-12-22(24-16-19)23(28)26-17-7-10-20(11-8-17)27-13-2-3-14-27/h4-12,15-16,25H,2-3,13-14H2,1H3,(H,26,28). The molecule has 0 unspecified atom stereocenters. The van der Waals surface area contributed by atoms with Crippen molar-refractivity contribution >= 4 is 28.7 Å². The first-order valence-corrected chi connectivity index (χ1v) is 9.75. The van der Waals surface area contributed by atoms with Gasteiger partial charge in [0.1, 0.15) is 11.4 Å². The van der Waals surface area contributed by atoms with Crippen LogP contribution in [0.1, 0.15) is 23.3 Å². The second-order valence-electron chi connectivity index (χ2n) is 6.98. The van der Waals surface area contributed by atoms with Gasteiger partial charge in [-0.1, -0.05) is 6.07 Å². The van der Waals surface area contributed by atoms with Gasteiger partial charge in [-0.05, 0) is 61.4 Å². The number of ether oxygens (including phenoxy) is 1. The van der Waals surface area contributed by atoms with E-state index in [0.29, 0.717) is 5.69 Å². The molecular weight excluding hydrogens is 364 g/mol. The topological polar surface area (TPSA) is 66.5 Å². The number of benzene rings is 2. The molecule has 4 rings (SSSR count). The van der Waals surface area contributed by atoms with Crippen LogP contribution in [-0.4, -0.2) is 31.1 Å². The van der Waals surface area contributed by atoms with Crippen molar-refractivity contribution in [2.75, 3.05) is 35.7 Å². The molecule has 0 bridgehead atoms. The molecule has 2 aromatic carbocycles. The van der Waals surface area contributed by atoms with Gasteiger partial charge in [0, 0.05) is 36.2 Å². The maximum Gasteiger partial charge on any atom is 0.274 e. The smallest absolute Gasteiger partial charge is 0.274 e. The van der Waals surface area contributed by atoms with Crippen LogP contribution < -0.4 is 20.3 Å². The van der Waals surface area contributed by atoms with Crippen molar-refractivity contribution in [3.8, 4) is 5.75 Å². The van der Waals surface area contributed by atoms with Crippen LogP contribution in [-0.2, 0) is 0 Å². The van der Waals surface area contributed by atoms with Gasteiger partial charge < -0.3 is 20.3 Å². The molecule has 2 N–H and O–H groups in total. The maximum absolute atomic E-state index is 12.5. The van der Waals surface area contributed by atoms with Crippen LogP contribution in [0, 0.1) is 0 Å². The van der Waals surface area contributed by atoms with Crippen molar-refractivity contribution in [1.82, 2.24) is 4.98 Å². The Labute approximate surface area is 170 Å². The van der Waals surface area contributed by atoms with Crippen molar-refractivity contribution in [1.29, 1.82) is 0 Å². The highest BCUT2D eigenvalue weighted by Gasteiger charge is 2.13. The van der Waals surface area contributed by atoms with E-state index in [1.54, 1.807) is 19.4 Å². The molecule has 6 nitrogen and oxygen atoms in total. The molecule has 1 aromatic heterocycles. The van der Waals surface area contributed by atoms with Crippen molar-refractivity contribution in [2.45, 2.75) is 12.8 Å². The molecule has 1 aliphatic rings. The highest BCUT2D eigenvalue weighted by molar-refractivity contribution is 6.03. The van der Waals surface area contributed by atoms with Gasteiger partial charge in [-0.2, -0.15) is 0 Å². The van der Waals surface area contributed by atoms with E-state index >= 15 is 0 Å². The van der Waals surface area contributed by atoms with Gasteiger partial charge in [-0.3, -0.25) is 4.79 Å². The Morgan fingerprint density at radius 2 is 1.72 bits per heavy atom. The Morgan fingerprint density at radius 3 is 2.41 bits per heavy atom. The average Bonchev–Trinajstić information content (AvgIpc) is 3.30. The summed E-state index contributed by atoms with van der Waals surface area (Å²) in [5.74, 6) is 0.543. The number of anilines is 4. The summed E-state index contributed by atoms with van der Waals surface area (Å²) >= 11 is 0. The summed E-state index contributed by atoms with van der Waals surface area (Å²) in [6, 6.07) is 19.1. The number of methoxy groups -OCH3 is 1. The number of rotatable bonds is 6. The molecule has 0 spiro atoms. The number of nitrogens with one attached hydrogen (secondary N) is 2. The molecule has 1 saturated heterocycles. The Morgan fingerprint density at radius 1 is 0.966 bits per heavy atom. The van der Waals surface area contributed by atoms with Gasteiger partial charge in [0.05, 0.1) is 19.0 Å². The largest absolute Gasteiger partial charge is 0.497 e. The molecule has 0 atom stereocenters. The minimum absolute atomic E-state index is 0.230. The number of nitrogens with zero attached hydrogens (tertiary/aromatic N) is 2. The van der Waals surface area contributed by atoms with Crippen LogP contribution in [0.15, 0.2) is 66.9 Å². The molecule has 3 aromatic rings. The van der Waals surface area contributed by atoms with E-state index in [9.17, 15) is 4.79 Å². The number of hydrogen-bond donors (Lipinski definition) is 2. The second kappa shape index (κ2) is 8.65. The van der Waals surface area contributed by atoms with Gasteiger partial charge in [-0.25, -0.2) is 4.98 Å². The van der Waals surface area contributed by atoms with E-state index in [-0.39, 0.29) is 5.91 Å². The summed E-state index contributed by atoms with van der Waals surface area (Å²) < 4.78 is 5.22. The van der Waals surface area contributed by atoms with Crippen molar-refractivity contribution in [3.63, 3.8) is 0 Å². The normalized spacial score (nSPS) is 13.2. The maximum atomic E-state index is 12.5. The second-order valence-corrected chi connectivity index (χ2v) is 6.98. The number of carbonyl (C=O) groups excluding carboxylic acids is 1. The van der Waals surface area contributed by atoms with Crippen LogP contribution in [0.3, 0.4) is 0 Å². The summed E-state index contributed by atoms with van der Waals surface area (Å²) in [5.41, 5.74) is 4.01. The van der Waals surface area contributed by atoms with Gasteiger partial charge in [0.25, 0.3) is 5.91 Å². The van der Waals surface area contributed by atoms with Gasteiger partial charge in [0.2, 0.25) is 0 Å². The molecule has 2 heterocycles. The predicted octanol–water partition coefficient (Wildman–Crippen LogP) is 4.69. The minimum atomic E-state index is -0.230. The first-order chi connectivity index (χ1) is 14.2. The van der Waals surface area contributed by atoms with Gasteiger partial charge in [0.15, 0.2) is 0 Å². The van der Waals surface area contributed by atoms with Crippen molar-refractivity contribution < 1.29 is 9.53 Å². The fourth-order valence-corrected chi connectivity index (χ4v) is 3.40. The lowest BCUT2D eigenvalue weighted by atomic mass is 10.2. The number of amides is 1. The summed E-state index contributed by atoms with van der Waals surface area (Å²) in [5, 5.41) is 6.15. The summed E-state index contributed by atoms with van der Waals surface area (Å²) in [6.45, 7) is 2.21. The average molecular weight is 388 g/mol. The van der Waals surface area contributed by atoms with E-state index in [1.165, 1.54) is 18.5 Å². The Kier molecular flexibility index (Phi) is 5.61. The minimum Gasteiger partial charge on any atom is -0.497 e. The van der Waals surface area contributed by atoms with Crippen LogP contribution in [0.25, 0.3) is 0 Å². The first kappa shape index (κ1) is 18.8. The van der Waals surface area contributed by atoms with Crippen LogP contribution in [0.2, 0.25) is 0 Å². The zero-order valence-electron chi connectivity index (χ0n) is 16.4. The fraction of sp³-hybridized carbons (Fsp3) is 0.217. The highest BCUT2D eigenvalue weighted by atomic mass is 16.5. The van der Waals surface area contributed by atoms with E-state index in [0.717, 1.165) is 35.9 Å². The Balaban J connectivity index is 1.37. The molecule has 148 valence electrons. The molecule has 1 amide bonds. The number of hydrogen-bond acceptors (Lipinski definition) is 5. The predicted molar refractivity (Wildman–Crippen MR) is 116 cm³/mol.